The van der Waals surface area contributed by atoms with E-state index in [0.717, 1.165) is 17.0 Å². The van der Waals surface area contributed by atoms with Gasteiger partial charge in [0.15, 0.2) is 0 Å². The monoisotopic (exact) mass is 273 g/mol. The molecule has 0 aliphatic rings. The molecule has 0 saturated heterocycles. The molecule has 0 saturated carbocycles. The van der Waals surface area contributed by atoms with Crippen LogP contribution in [0.4, 0.5) is 0 Å². The van der Waals surface area contributed by atoms with Gasteiger partial charge in [-0.05, 0) is 31.2 Å². The second-order valence-electron chi connectivity index (χ2n) is 4.17. The molecule has 96 valence electrons. The molecule has 2 heterocycles. The van der Waals surface area contributed by atoms with Crippen LogP contribution >= 0.6 is 11.3 Å². The average molecular weight is 273 g/mol. The highest BCUT2D eigenvalue weighted by atomic mass is 32.1. The second kappa shape index (κ2) is 4.40. The summed E-state index contributed by atoms with van der Waals surface area (Å²) in [7, 11) is 0. The minimum absolute atomic E-state index is 0.121. The molecule has 0 fully saturated rings. The zero-order chi connectivity index (χ0) is 13.4. The molecule has 19 heavy (non-hydrogen) atoms. The molecule has 0 spiro atoms. The number of phenolic OH excluding ortho intramolecular Hbond substituents is 1. The number of rotatable bonds is 2. The lowest BCUT2D eigenvalue weighted by Crippen LogP contribution is -2.12. The molecule has 3 aromatic rings. The Morgan fingerprint density at radius 1 is 1.32 bits per heavy atom. The van der Waals surface area contributed by atoms with Gasteiger partial charge in [0, 0.05) is 22.7 Å². The van der Waals surface area contributed by atoms with Gasteiger partial charge in [0.05, 0.1) is 5.69 Å². The Balaban J connectivity index is 2.02. The average Bonchev–Trinajstić information content (AvgIpc) is 2.97. The van der Waals surface area contributed by atoms with E-state index < -0.39 is 0 Å². The van der Waals surface area contributed by atoms with Crippen LogP contribution in [0.3, 0.4) is 0 Å². The van der Waals surface area contributed by atoms with Gasteiger partial charge in [0.25, 0.3) is 5.56 Å². The minimum atomic E-state index is -0.121. The van der Waals surface area contributed by atoms with Crippen LogP contribution < -0.4 is 5.56 Å². The molecule has 2 aromatic heterocycles. The van der Waals surface area contributed by atoms with E-state index in [1.165, 1.54) is 22.1 Å². The molecule has 0 aliphatic heterocycles. The maximum atomic E-state index is 11.7. The van der Waals surface area contributed by atoms with Crippen LogP contribution in [0.25, 0.3) is 16.4 Å². The standard InChI is InChI=1S/C13H11N3O2S/c1-8-6-12(18)16(15-8)13-14-11(7-19-13)9-2-4-10(17)5-3-9/h2-7,15,17H,1H3. The molecule has 3 rings (SSSR count). The summed E-state index contributed by atoms with van der Waals surface area (Å²) < 4.78 is 1.42. The van der Waals surface area contributed by atoms with Crippen molar-refractivity contribution in [2.75, 3.05) is 0 Å². The summed E-state index contributed by atoms with van der Waals surface area (Å²) >= 11 is 1.39. The third-order valence-corrected chi connectivity index (χ3v) is 3.52. The summed E-state index contributed by atoms with van der Waals surface area (Å²) in [6.45, 7) is 1.83. The molecule has 5 nitrogen and oxygen atoms in total. The molecular formula is C13H11N3O2S. The number of nitrogens with one attached hydrogen (secondary N) is 1. The highest BCUT2D eigenvalue weighted by molar-refractivity contribution is 7.12. The van der Waals surface area contributed by atoms with E-state index in [4.69, 9.17) is 0 Å². The lowest BCUT2D eigenvalue weighted by molar-refractivity contribution is 0.475. The molecule has 0 aliphatic carbocycles. The van der Waals surface area contributed by atoms with Crippen molar-refractivity contribution < 1.29 is 5.11 Å². The number of aromatic amines is 1. The summed E-state index contributed by atoms with van der Waals surface area (Å²) in [5.41, 5.74) is 2.35. The van der Waals surface area contributed by atoms with Crippen molar-refractivity contribution in [1.82, 2.24) is 14.8 Å². The van der Waals surface area contributed by atoms with Crippen molar-refractivity contribution in [2.45, 2.75) is 6.92 Å². The number of hydrogen-bond acceptors (Lipinski definition) is 4. The fourth-order valence-electron chi connectivity index (χ4n) is 1.79. The molecule has 0 atom stereocenters. The third kappa shape index (κ3) is 2.17. The van der Waals surface area contributed by atoms with Crippen molar-refractivity contribution >= 4 is 11.3 Å². The summed E-state index contributed by atoms with van der Waals surface area (Å²) in [6.07, 6.45) is 0. The molecule has 6 heteroatoms. The number of aromatic hydroxyl groups is 1. The van der Waals surface area contributed by atoms with Crippen molar-refractivity contribution in [1.29, 1.82) is 0 Å². The van der Waals surface area contributed by atoms with Gasteiger partial charge in [-0.2, -0.15) is 4.68 Å². The SMILES string of the molecule is Cc1cc(=O)n(-c2nc(-c3ccc(O)cc3)cs2)[nH]1. The van der Waals surface area contributed by atoms with Crippen LogP contribution in [0.2, 0.25) is 0 Å². The Hall–Kier alpha value is -2.34. The highest BCUT2D eigenvalue weighted by Crippen LogP contribution is 2.24. The fourth-order valence-corrected chi connectivity index (χ4v) is 2.59. The van der Waals surface area contributed by atoms with Crippen molar-refractivity contribution in [2.24, 2.45) is 0 Å². The Morgan fingerprint density at radius 2 is 2.05 bits per heavy atom. The predicted octanol–water partition coefficient (Wildman–Crippen LogP) is 2.30. The first kappa shape index (κ1) is 11.7. The molecule has 1 aromatic carbocycles. The number of H-pyrrole nitrogens is 1. The topological polar surface area (TPSA) is 70.9 Å². The maximum Gasteiger partial charge on any atom is 0.273 e. The number of nitrogens with zero attached hydrogens (tertiary/aromatic N) is 2. The van der Waals surface area contributed by atoms with Crippen molar-refractivity contribution in [3.8, 4) is 22.1 Å². The van der Waals surface area contributed by atoms with E-state index in [9.17, 15) is 9.90 Å². The van der Waals surface area contributed by atoms with E-state index in [1.54, 1.807) is 24.3 Å². The van der Waals surface area contributed by atoms with E-state index in [0.29, 0.717) is 5.13 Å². The molecule has 0 amide bonds. The van der Waals surface area contributed by atoms with Gasteiger partial charge in [-0.15, -0.1) is 11.3 Å². The summed E-state index contributed by atoms with van der Waals surface area (Å²) in [5, 5.41) is 14.7. The summed E-state index contributed by atoms with van der Waals surface area (Å²) in [6, 6.07) is 8.33. The van der Waals surface area contributed by atoms with Gasteiger partial charge in [-0.3, -0.25) is 9.89 Å². The quantitative estimate of drug-likeness (QED) is 0.752. The Labute approximate surface area is 112 Å². The Bertz CT molecular complexity index is 768. The number of phenols is 1. The summed E-state index contributed by atoms with van der Waals surface area (Å²) in [5.74, 6) is 0.218. The molecule has 2 N–H and O–H groups in total. The molecular weight excluding hydrogens is 262 g/mol. The number of benzene rings is 1. The van der Waals surface area contributed by atoms with Gasteiger partial charge < -0.3 is 5.11 Å². The second-order valence-corrected chi connectivity index (χ2v) is 5.01. The van der Waals surface area contributed by atoms with Gasteiger partial charge in [-0.1, -0.05) is 0 Å². The minimum Gasteiger partial charge on any atom is -0.508 e. The van der Waals surface area contributed by atoms with Crippen LogP contribution in [0, 0.1) is 6.92 Å². The van der Waals surface area contributed by atoms with Crippen molar-refractivity contribution in [3.05, 3.63) is 51.8 Å². The van der Waals surface area contributed by atoms with E-state index in [-0.39, 0.29) is 11.3 Å². The van der Waals surface area contributed by atoms with E-state index in [2.05, 4.69) is 10.1 Å². The predicted molar refractivity (Wildman–Crippen MR) is 73.9 cm³/mol. The largest absolute Gasteiger partial charge is 0.508 e. The number of aromatic nitrogens is 3. The molecule has 0 radical (unpaired) electrons. The highest BCUT2D eigenvalue weighted by Gasteiger charge is 2.09. The van der Waals surface area contributed by atoms with Crippen molar-refractivity contribution in [3.63, 3.8) is 0 Å². The van der Waals surface area contributed by atoms with Crippen LogP contribution in [-0.4, -0.2) is 19.9 Å². The molecule has 0 bridgehead atoms. The third-order valence-electron chi connectivity index (χ3n) is 2.69. The maximum absolute atomic E-state index is 11.7. The lowest BCUT2D eigenvalue weighted by Gasteiger charge is -1.97. The normalized spacial score (nSPS) is 10.8. The van der Waals surface area contributed by atoms with Gasteiger partial charge in [0.1, 0.15) is 5.75 Å². The van der Waals surface area contributed by atoms with Gasteiger partial charge in [-0.25, -0.2) is 4.98 Å². The van der Waals surface area contributed by atoms with E-state index in [1.807, 2.05) is 12.3 Å². The van der Waals surface area contributed by atoms with E-state index >= 15 is 0 Å². The zero-order valence-electron chi connectivity index (χ0n) is 10.1. The zero-order valence-corrected chi connectivity index (χ0v) is 10.9. The van der Waals surface area contributed by atoms with Crippen LogP contribution in [0.1, 0.15) is 5.69 Å². The van der Waals surface area contributed by atoms with Crippen LogP contribution in [-0.2, 0) is 0 Å². The molecule has 0 unspecified atom stereocenters. The lowest BCUT2D eigenvalue weighted by atomic mass is 10.2. The Morgan fingerprint density at radius 3 is 2.68 bits per heavy atom. The smallest absolute Gasteiger partial charge is 0.273 e. The summed E-state index contributed by atoms with van der Waals surface area (Å²) in [4.78, 5) is 16.1. The van der Waals surface area contributed by atoms with Crippen LogP contribution in [0.5, 0.6) is 5.75 Å². The first-order chi connectivity index (χ1) is 9.13. The Kier molecular flexibility index (Phi) is 2.72. The van der Waals surface area contributed by atoms with Gasteiger partial charge >= 0.3 is 0 Å². The fraction of sp³-hybridized carbons (Fsp3) is 0.0769. The first-order valence-corrected chi connectivity index (χ1v) is 6.55. The van der Waals surface area contributed by atoms with Crippen LogP contribution in [0.15, 0.2) is 40.5 Å². The number of thiazole rings is 1. The van der Waals surface area contributed by atoms with Gasteiger partial charge in [0.2, 0.25) is 5.13 Å². The number of hydrogen-bond donors (Lipinski definition) is 2. The first-order valence-electron chi connectivity index (χ1n) is 5.67. The number of aryl methyl sites for hydroxylation is 1.